The molecule has 4 rings (SSSR count). The van der Waals surface area contributed by atoms with E-state index < -0.39 is 10.0 Å². The first kappa shape index (κ1) is 20.2. The first-order valence-electron chi connectivity index (χ1n) is 9.76. The second kappa shape index (κ2) is 7.32. The van der Waals surface area contributed by atoms with E-state index in [1.807, 2.05) is 19.1 Å². The second-order valence-corrected chi connectivity index (χ2v) is 9.59. The molecule has 158 valence electrons. The third-order valence-electron chi connectivity index (χ3n) is 5.79. The van der Waals surface area contributed by atoms with E-state index in [1.165, 1.54) is 21.6 Å². The number of hydrogen-bond donors (Lipinski definition) is 1. The normalized spacial score (nSPS) is 13.9. The Hall–Kier alpha value is -3.07. The molecule has 1 aliphatic rings. The molecule has 0 saturated heterocycles. The Morgan fingerprint density at radius 1 is 1.17 bits per heavy atom. The third-order valence-corrected chi connectivity index (χ3v) is 7.53. The van der Waals surface area contributed by atoms with Gasteiger partial charge in [-0.05, 0) is 49.6 Å². The van der Waals surface area contributed by atoms with Gasteiger partial charge in [0.25, 0.3) is 10.0 Å². The summed E-state index contributed by atoms with van der Waals surface area (Å²) < 4.78 is 29.3. The zero-order chi connectivity index (χ0) is 21.6. The average molecular weight is 427 g/mol. The molecule has 0 saturated carbocycles. The van der Waals surface area contributed by atoms with Crippen molar-refractivity contribution in [3.05, 3.63) is 59.0 Å². The Bertz CT molecular complexity index is 1200. The number of rotatable bonds is 4. The highest BCUT2D eigenvalue weighted by atomic mass is 32.2. The van der Waals surface area contributed by atoms with Crippen LogP contribution in [0.15, 0.2) is 41.4 Å². The van der Waals surface area contributed by atoms with Gasteiger partial charge in [-0.25, -0.2) is 13.4 Å². The standard InChI is InChI=1S/C21H26N6O2S/c1-14-21(15(2)25(3)24-14)26(4)30(28,29)17-8-9-20(23-12-17)27-11-10-18-16(13-27)6-5-7-19(18)22/h5-9,12H,10-11,13,22H2,1-4H3. The number of aromatic nitrogens is 3. The Labute approximate surface area is 177 Å². The molecule has 3 heterocycles. The predicted octanol–water partition coefficient (Wildman–Crippen LogP) is 2.40. The van der Waals surface area contributed by atoms with Gasteiger partial charge in [0.05, 0.1) is 17.1 Å². The quantitative estimate of drug-likeness (QED) is 0.644. The van der Waals surface area contributed by atoms with Gasteiger partial charge in [-0.3, -0.25) is 8.99 Å². The van der Waals surface area contributed by atoms with Crippen LogP contribution in [-0.2, 0) is 30.0 Å². The van der Waals surface area contributed by atoms with Crippen LogP contribution in [-0.4, -0.2) is 36.8 Å². The molecule has 0 amide bonds. The molecule has 1 aromatic carbocycles. The topological polar surface area (TPSA) is 97.4 Å². The Morgan fingerprint density at radius 2 is 1.93 bits per heavy atom. The van der Waals surface area contributed by atoms with Gasteiger partial charge < -0.3 is 10.6 Å². The summed E-state index contributed by atoms with van der Waals surface area (Å²) in [5, 5.41) is 4.32. The van der Waals surface area contributed by atoms with E-state index >= 15 is 0 Å². The average Bonchev–Trinajstić information content (AvgIpc) is 2.98. The van der Waals surface area contributed by atoms with E-state index in [4.69, 9.17) is 5.73 Å². The first-order valence-corrected chi connectivity index (χ1v) is 11.2. The zero-order valence-electron chi connectivity index (χ0n) is 17.6. The molecule has 2 aromatic heterocycles. The van der Waals surface area contributed by atoms with Crippen molar-refractivity contribution < 1.29 is 8.42 Å². The summed E-state index contributed by atoms with van der Waals surface area (Å²) in [5.41, 5.74) is 11.3. The number of aryl methyl sites for hydroxylation is 2. The van der Waals surface area contributed by atoms with Crippen LogP contribution in [0.5, 0.6) is 0 Å². The minimum atomic E-state index is -3.74. The largest absolute Gasteiger partial charge is 0.398 e. The molecule has 3 aromatic rings. The number of sulfonamides is 1. The first-order chi connectivity index (χ1) is 14.2. The second-order valence-electron chi connectivity index (χ2n) is 7.62. The summed E-state index contributed by atoms with van der Waals surface area (Å²) in [4.78, 5) is 6.75. The van der Waals surface area contributed by atoms with Crippen molar-refractivity contribution in [3.8, 4) is 0 Å². The molecule has 8 nitrogen and oxygen atoms in total. The van der Waals surface area contributed by atoms with Gasteiger partial charge in [0, 0.05) is 39.1 Å². The molecule has 0 unspecified atom stereocenters. The molecule has 0 aliphatic carbocycles. The summed E-state index contributed by atoms with van der Waals surface area (Å²) in [6.07, 6.45) is 2.27. The van der Waals surface area contributed by atoms with Crippen LogP contribution < -0.4 is 14.9 Å². The van der Waals surface area contributed by atoms with Crippen LogP contribution in [0.4, 0.5) is 17.2 Å². The van der Waals surface area contributed by atoms with Crippen molar-refractivity contribution >= 4 is 27.2 Å². The van der Waals surface area contributed by atoms with Crippen LogP contribution in [0, 0.1) is 13.8 Å². The van der Waals surface area contributed by atoms with Crippen LogP contribution in [0.1, 0.15) is 22.5 Å². The zero-order valence-corrected chi connectivity index (χ0v) is 18.4. The van der Waals surface area contributed by atoms with Gasteiger partial charge in [0.15, 0.2) is 0 Å². The fourth-order valence-corrected chi connectivity index (χ4v) is 5.29. The highest BCUT2D eigenvalue weighted by Gasteiger charge is 2.27. The van der Waals surface area contributed by atoms with E-state index in [1.54, 1.807) is 37.8 Å². The number of benzene rings is 1. The molecular formula is C21H26N6O2S. The van der Waals surface area contributed by atoms with Crippen molar-refractivity contribution in [3.63, 3.8) is 0 Å². The van der Waals surface area contributed by atoms with Crippen LogP contribution in [0.2, 0.25) is 0 Å². The summed E-state index contributed by atoms with van der Waals surface area (Å²) in [5.74, 6) is 0.749. The molecule has 9 heteroatoms. The van der Waals surface area contributed by atoms with Crippen molar-refractivity contribution in [2.75, 3.05) is 28.5 Å². The molecule has 0 bridgehead atoms. The van der Waals surface area contributed by atoms with Gasteiger partial charge in [0.2, 0.25) is 0 Å². The Morgan fingerprint density at radius 3 is 2.57 bits per heavy atom. The van der Waals surface area contributed by atoms with Gasteiger partial charge >= 0.3 is 0 Å². The number of nitrogens with two attached hydrogens (primary N) is 1. The molecular weight excluding hydrogens is 400 g/mol. The van der Waals surface area contributed by atoms with Gasteiger partial charge in [0.1, 0.15) is 10.7 Å². The monoisotopic (exact) mass is 426 g/mol. The maximum Gasteiger partial charge on any atom is 0.265 e. The summed E-state index contributed by atoms with van der Waals surface area (Å²) >= 11 is 0. The van der Waals surface area contributed by atoms with Crippen LogP contribution >= 0.6 is 0 Å². The summed E-state index contributed by atoms with van der Waals surface area (Å²) in [7, 11) is -0.397. The lowest BCUT2D eigenvalue weighted by Gasteiger charge is -2.30. The van der Waals surface area contributed by atoms with Crippen molar-refractivity contribution in [2.45, 2.75) is 31.7 Å². The Balaban J connectivity index is 1.59. The number of hydrogen-bond acceptors (Lipinski definition) is 6. The lowest BCUT2D eigenvalue weighted by atomic mass is 9.98. The van der Waals surface area contributed by atoms with Gasteiger partial charge in [-0.15, -0.1) is 0 Å². The number of nitrogen functional groups attached to an aromatic ring is 1. The van der Waals surface area contributed by atoms with E-state index in [2.05, 4.69) is 21.0 Å². The Kier molecular flexibility index (Phi) is 4.93. The molecule has 0 spiro atoms. The van der Waals surface area contributed by atoms with E-state index in [0.29, 0.717) is 17.9 Å². The van der Waals surface area contributed by atoms with Crippen LogP contribution in [0.3, 0.4) is 0 Å². The highest BCUT2D eigenvalue weighted by molar-refractivity contribution is 7.92. The SMILES string of the molecule is Cc1nn(C)c(C)c1N(C)S(=O)(=O)c1ccc(N2CCc3c(N)cccc3C2)nc1. The number of pyridine rings is 1. The van der Waals surface area contributed by atoms with Crippen molar-refractivity contribution in [2.24, 2.45) is 7.05 Å². The number of nitrogens with zero attached hydrogens (tertiary/aromatic N) is 5. The van der Waals surface area contributed by atoms with Gasteiger partial charge in [-0.2, -0.15) is 5.10 Å². The maximum atomic E-state index is 13.2. The predicted molar refractivity (Wildman–Crippen MR) is 118 cm³/mol. The third kappa shape index (κ3) is 3.28. The number of anilines is 3. The number of fused-ring (bicyclic) bond motifs is 1. The molecule has 0 radical (unpaired) electrons. The fourth-order valence-electron chi connectivity index (χ4n) is 4.04. The van der Waals surface area contributed by atoms with E-state index in [0.717, 1.165) is 30.2 Å². The molecule has 2 N–H and O–H groups in total. The highest BCUT2D eigenvalue weighted by Crippen LogP contribution is 2.30. The summed E-state index contributed by atoms with van der Waals surface area (Å²) in [6.45, 7) is 5.14. The smallest absolute Gasteiger partial charge is 0.265 e. The van der Waals surface area contributed by atoms with Crippen LogP contribution in [0.25, 0.3) is 0 Å². The van der Waals surface area contributed by atoms with Crippen molar-refractivity contribution in [1.29, 1.82) is 0 Å². The minimum Gasteiger partial charge on any atom is -0.398 e. The van der Waals surface area contributed by atoms with Gasteiger partial charge in [-0.1, -0.05) is 12.1 Å². The maximum absolute atomic E-state index is 13.2. The summed E-state index contributed by atoms with van der Waals surface area (Å²) in [6, 6.07) is 9.34. The lowest BCUT2D eigenvalue weighted by molar-refractivity contribution is 0.593. The molecule has 30 heavy (non-hydrogen) atoms. The van der Waals surface area contributed by atoms with E-state index in [-0.39, 0.29) is 4.90 Å². The molecule has 1 aliphatic heterocycles. The van der Waals surface area contributed by atoms with E-state index in [9.17, 15) is 8.42 Å². The minimum absolute atomic E-state index is 0.151. The lowest BCUT2D eigenvalue weighted by Crippen LogP contribution is -2.32. The van der Waals surface area contributed by atoms with Crippen molar-refractivity contribution in [1.82, 2.24) is 14.8 Å². The molecule has 0 atom stereocenters. The molecule has 0 fully saturated rings. The fraction of sp³-hybridized carbons (Fsp3) is 0.333.